The van der Waals surface area contributed by atoms with Gasteiger partial charge in [0.05, 0.1) is 28.8 Å². The lowest BCUT2D eigenvalue weighted by molar-refractivity contribution is -0.137. The third kappa shape index (κ3) is 4.24. The Morgan fingerprint density at radius 2 is 1.94 bits per heavy atom. The van der Waals surface area contributed by atoms with E-state index >= 15 is 0 Å². The average molecular weight is 465 g/mol. The van der Waals surface area contributed by atoms with Crippen LogP contribution in [-0.4, -0.2) is 29.2 Å². The van der Waals surface area contributed by atoms with Gasteiger partial charge in [0.2, 0.25) is 0 Å². The summed E-state index contributed by atoms with van der Waals surface area (Å²) in [6.45, 7) is -0.456. The molecule has 0 N–H and O–H groups in total. The number of nitrogens with zero attached hydrogens (tertiary/aromatic N) is 2. The number of rotatable bonds is 5. The fourth-order valence-corrected chi connectivity index (χ4v) is 4.60. The molecule has 1 aliphatic heterocycles. The molecule has 1 aromatic carbocycles. The number of carbonyl (C=O) groups excluding carboxylic acids is 2. The molecule has 0 saturated heterocycles. The number of furan rings is 2. The van der Waals surface area contributed by atoms with E-state index in [0.717, 1.165) is 36.3 Å². The summed E-state index contributed by atoms with van der Waals surface area (Å²) in [5, 5.41) is 6.35. The van der Waals surface area contributed by atoms with Crippen molar-refractivity contribution in [3.05, 3.63) is 88.7 Å². The van der Waals surface area contributed by atoms with Gasteiger partial charge in [-0.25, -0.2) is 9.80 Å². The van der Waals surface area contributed by atoms with Crippen molar-refractivity contribution in [3.8, 4) is 0 Å². The highest BCUT2D eigenvalue weighted by Gasteiger charge is 2.45. The normalized spacial score (nSPS) is 21.1. The van der Waals surface area contributed by atoms with Crippen molar-refractivity contribution in [2.75, 3.05) is 6.61 Å². The predicted octanol–water partition coefficient (Wildman–Crippen LogP) is 5.51. The molecule has 2 aliphatic rings. The number of benzene rings is 1. The topological polar surface area (TPSA) is 85.3 Å². The highest BCUT2D eigenvalue weighted by atomic mass is 35.5. The molecule has 1 saturated carbocycles. The van der Waals surface area contributed by atoms with E-state index in [1.54, 1.807) is 42.9 Å². The molecule has 0 radical (unpaired) electrons. The Morgan fingerprint density at radius 1 is 1.12 bits per heavy atom. The van der Waals surface area contributed by atoms with Crippen LogP contribution in [0.2, 0.25) is 5.02 Å². The molecule has 2 aromatic heterocycles. The van der Waals surface area contributed by atoms with Gasteiger partial charge in [-0.05, 0) is 67.3 Å². The summed E-state index contributed by atoms with van der Waals surface area (Å²) in [4.78, 5) is 25.6. The maximum Gasteiger partial charge on any atom is 0.340 e. The van der Waals surface area contributed by atoms with Gasteiger partial charge in [-0.1, -0.05) is 23.7 Å². The molecule has 1 aliphatic carbocycles. The number of carbonyl (C=O) groups is 2. The molecule has 0 spiro atoms. The van der Waals surface area contributed by atoms with Crippen LogP contribution in [-0.2, 0) is 9.53 Å². The zero-order chi connectivity index (χ0) is 22.8. The standard InChI is InChI=1S/C25H21ClN2O5/c26-20-10-2-1-8-18(20)25(30)33-15-22(29)28-24(21-11-5-13-32-21)19-9-3-6-16(23(19)27-28)14-17-7-4-12-31-17/h1-2,4-5,7-8,10-14,19,24H,3,6,9,15H2/b16-14+/t19-,24+/m1/s1. The quantitative estimate of drug-likeness (QED) is 0.465. The highest BCUT2D eigenvalue weighted by Crippen LogP contribution is 2.44. The van der Waals surface area contributed by atoms with Gasteiger partial charge < -0.3 is 13.6 Å². The summed E-state index contributed by atoms with van der Waals surface area (Å²) in [7, 11) is 0. The van der Waals surface area contributed by atoms with Crippen molar-refractivity contribution in [3.63, 3.8) is 0 Å². The minimum Gasteiger partial charge on any atom is -0.467 e. The van der Waals surface area contributed by atoms with Gasteiger partial charge in [0.25, 0.3) is 5.91 Å². The number of esters is 1. The van der Waals surface area contributed by atoms with E-state index < -0.39 is 24.5 Å². The monoisotopic (exact) mass is 464 g/mol. The first-order valence-corrected chi connectivity index (χ1v) is 11.1. The van der Waals surface area contributed by atoms with E-state index in [4.69, 9.17) is 30.3 Å². The molecule has 7 nitrogen and oxygen atoms in total. The maximum absolute atomic E-state index is 13.2. The molecule has 5 rings (SSSR count). The number of hydrazone groups is 1. The number of halogens is 1. The first-order valence-electron chi connectivity index (χ1n) is 10.7. The van der Waals surface area contributed by atoms with E-state index in [9.17, 15) is 9.59 Å². The van der Waals surface area contributed by atoms with Gasteiger partial charge in [0.1, 0.15) is 17.6 Å². The van der Waals surface area contributed by atoms with Gasteiger partial charge in [-0.3, -0.25) is 4.79 Å². The second-order valence-corrected chi connectivity index (χ2v) is 8.33. The summed E-state index contributed by atoms with van der Waals surface area (Å²) >= 11 is 6.06. The predicted molar refractivity (Wildman–Crippen MR) is 121 cm³/mol. The average Bonchev–Trinajstić information content (AvgIpc) is 3.58. The summed E-state index contributed by atoms with van der Waals surface area (Å²) in [6.07, 6.45) is 7.83. The molecule has 168 valence electrons. The highest BCUT2D eigenvalue weighted by molar-refractivity contribution is 6.33. The second-order valence-electron chi connectivity index (χ2n) is 7.92. The Balaban J connectivity index is 1.40. The molecule has 8 heteroatoms. The van der Waals surface area contributed by atoms with Crippen LogP contribution in [0, 0.1) is 5.92 Å². The first kappa shape index (κ1) is 21.3. The van der Waals surface area contributed by atoms with E-state index in [0.29, 0.717) is 5.76 Å². The largest absolute Gasteiger partial charge is 0.467 e. The van der Waals surface area contributed by atoms with Crippen LogP contribution in [0.15, 0.2) is 80.6 Å². The fraction of sp³-hybridized carbons (Fsp3) is 0.240. The first-order chi connectivity index (χ1) is 16.1. The van der Waals surface area contributed by atoms with Gasteiger partial charge in [0.15, 0.2) is 6.61 Å². The van der Waals surface area contributed by atoms with E-state index in [-0.39, 0.29) is 16.5 Å². The van der Waals surface area contributed by atoms with Crippen LogP contribution in [0.3, 0.4) is 0 Å². The smallest absolute Gasteiger partial charge is 0.340 e. The third-order valence-corrected chi connectivity index (χ3v) is 6.20. The van der Waals surface area contributed by atoms with E-state index in [2.05, 4.69) is 0 Å². The summed E-state index contributed by atoms with van der Waals surface area (Å²) < 4.78 is 16.4. The Morgan fingerprint density at radius 3 is 2.70 bits per heavy atom. The zero-order valence-electron chi connectivity index (χ0n) is 17.6. The van der Waals surface area contributed by atoms with Crippen molar-refractivity contribution in [2.45, 2.75) is 25.3 Å². The van der Waals surface area contributed by atoms with Gasteiger partial charge in [-0.2, -0.15) is 5.10 Å². The Labute approximate surface area is 195 Å². The van der Waals surface area contributed by atoms with Gasteiger partial charge in [-0.15, -0.1) is 0 Å². The van der Waals surface area contributed by atoms with Crippen LogP contribution in [0.25, 0.3) is 6.08 Å². The fourth-order valence-electron chi connectivity index (χ4n) is 4.39. The minimum absolute atomic E-state index is 0.0191. The van der Waals surface area contributed by atoms with Crippen LogP contribution >= 0.6 is 11.6 Å². The van der Waals surface area contributed by atoms with Gasteiger partial charge >= 0.3 is 5.97 Å². The summed E-state index contributed by atoms with van der Waals surface area (Å²) in [5.41, 5.74) is 2.07. The number of allylic oxidation sites excluding steroid dienone is 1. The number of hydrogen-bond donors (Lipinski definition) is 0. The van der Waals surface area contributed by atoms with Crippen molar-refractivity contribution < 1.29 is 23.2 Å². The van der Waals surface area contributed by atoms with E-state index in [1.807, 2.05) is 24.3 Å². The molecule has 33 heavy (non-hydrogen) atoms. The number of fused-ring (bicyclic) bond motifs is 1. The number of hydrogen-bond acceptors (Lipinski definition) is 6. The van der Waals surface area contributed by atoms with Crippen LogP contribution < -0.4 is 0 Å². The van der Waals surface area contributed by atoms with Crippen LogP contribution in [0.4, 0.5) is 0 Å². The van der Waals surface area contributed by atoms with Crippen molar-refractivity contribution >= 4 is 35.3 Å². The van der Waals surface area contributed by atoms with Crippen LogP contribution in [0.1, 0.15) is 47.2 Å². The molecule has 2 atom stereocenters. The maximum atomic E-state index is 13.2. The Bertz CT molecular complexity index is 1210. The molecule has 1 fully saturated rings. The summed E-state index contributed by atoms with van der Waals surface area (Å²) in [5.74, 6) is 0.265. The minimum atomic E-state index is -0.661. The lowest BCUT2D eigenvalue weighted by atomic mass is 9.79. The number of ether oxygens (including phenoxy) is 1. The van der Waals surface area contributed by atoms with E-state index in [1.165, 1.54) is 5.01 Å². The molecule has 1 amide bonds. The van der Waals surface area contributed by atoms with Crippen LogP contribution in [0.5, 0.6) is 0 Å². The SMILES string of the molecule is O=C(OCC(=O)N1N=C2/C(=C/c3ccco3)CCC[C@H]2[C@H]1c1ccco1)c1ccccc1Cl. The Kier molecular flexibility index (Phi) is 5.88. The van der Waals surface area contributed by atoms with Crippen molar-refractivity contribution in [2.24, 2.45) is 11.0 Å². The van der Waals surface area contributed by atoms with Gasteiger partial charge in [0, 0.05) is 5.92 Å². The molecule has 3 aromatic rings. The molecule has 0 unspecified atom stereocenters. The lowest BCUT2D eigenvalue weighted by Gasteiger charge is -2.27. The van der Waals surface area contributed by atoms with Crippen molar-refractivity contribution in [1.29, 1.82) is 0 Å². The third-order valence-electron chi connectivity index (χ3n) is 5.87. The molecule has 3 heterocycles. The number of amides is 1. The molecule has 0 bridgehead atoms. The zero-order valence-corrected chi connectivity index (χ0v) is 18.4. The lowest BCUT2D eigenvalue weighted by Crippen LogP contribution is -2.34. The molecular weight excluding hydrogens is 444 g/mol. The molecular formula is C25H21ClN2O5. The Hall–Kier alpha value is -3.58. The second kappa shape index (κ2) is 9.11. The van der Waals surface area contributed by atoms with Crippen molar-refractivity contribution in [1.82, 2.24) is 5.01 Å². The summed E-state index contributed by atoms with van der Waals surface area (Å²) in [6, 6.07) is 13.5.